The molecule has 2 aromatic rings. The van der Waals surface area contributed by atoms with Gasteiger partial charge in [0.2, 0.25) is 17.7 Å². The second kappa shape index (κ2) is 16.5. The van der Waals surface area contributed by atoms with Crippen LogP contribution in [0.2, 0.25) is 0 Å². The number of carboxylic acids is 1. The Morgan fingerprint density at radius 1 is 0.756 bits per heavy atom. The average molecular weight is 589 g/mol. The molecule has 0 bridgehead atoms. The third-order valence-corrected chi connectivity index (χ3v) is 6.95. The summed E-state index contributed by atoms with van der Waals surface area (Å²) >= 11 is 1.45. The molecule has 4 unspecified atom stereocenters. The molecule has 224 valence electrons. The van der Waals surface area contributed by atoms with E-state index in [1.54, 1.807) is 24.3 Å². The number of hydrogen-bond acceptors (Lipinski definition) is 8. The highest BCUT2D eigenvalue weighted by Gasteiger charge is 2.30. The second-order valence-electron chi connectivity index (χ2n) is 10.3. The monoisotopic (exact) mass is 588 g/mol. The van der Waals surface area contributed by atoms with Crippen LogP contribution in [0.1, 0.15) is 37.8 Å². The Morgan fingerprint density at radius 2 is 1.20 bits per heavy atom. The number of carbonyl (C=O) groups is 4. The number of phenolic OH excluding ortho intramolecular Hbond substituents is 2. The van der Waals surface area contributed by atoms with Crippen LogP contribution in [-0.2, 0) is 32.0 Å². The molecule has 0 saturated heterocycles. The highest BCUT2D eigenvalue weighted by molar-refractivity contribution is 7.98. The summed E-state index contributed by atoms with van der Waals surface area (Å²) in [5, 5.41) is 36.7. The Morgan fingerprint density at radius 3 is 1.66 bits per heavy atom. The largest absolute Gasteiger partial charge is 0.508 e. The Bertz CT molecular complexity index is 1160. The summed E-state index contributed by atoms with van der Waals surface area (Å²) in [7, 11) is 0. The predicted molar refractivity (Wildman–Crippen MR) is 157 cm³/mol. The van der Waals surface area contributed by atoms with Crippen LogP contribution < -0.4 is 21.7 Å². The average Bonchev–Trinajstić information content (AvgIpc) is 2.91. The van der Waals surface area contributed by atoms with Gasteiger partial charge in [-0.2, -0.15) is 11.8 Å². The van der Waals surface area contributed by atoms with Crippen molar-refractivity contribution in [3.05, 3.63) is 59.7 Å². The molecule has 11 nitrogen and oxygen atoms in total. The van der Waals surface area contributed by atoms with Gasteiger partial charge in [-0.3, -0.25) is 14.4 Å². The Hall–Kier alpha value is -3.77. The van der Waals surface area contributed by atoms with Crippen LogP contribution in [0.25, 0.3) is 0 Å². The van der Waals surface area contributed by atoms with Crippen LogP contribution in [0, 0.1) is 5.92 Å². The number of thioether (sulfide) groups is 1. The number of carboxylic acid groups (broad SMARTS) is 1. The molecule has 12 heteroatoms. The van der Waals surface area contributed by atoms with Gasteiger partial charge in [-0.05, 0) is 66.2 Å². The van der Waals surface area contributed by atoms with Gasteiger partial charge in [0.15, 0.2) is 0 Å². The Balaban J connectivity index is 2.22. The molecule has 3 amide bonds. The van der Waals surface area contributed by atoms with Gasteiger partial charge in [-0.25, -0.2) is 4.79 Å². The maximum atomic E-state index is 13.5. The smallest absolute Gasteiger partial charge is 0.326 e. The quantitative estimate of drug-likeness (QED) is 0.152. The van der Waals surface area contributed by atoms with Gasteiger partial charge < -0.3 is 37.0 Å². The third kappa shape index (κ3) is 11.7. The lowest BCUT2D eigenvalue weighted by atomic mass is 10.0. The van der Waals surface area contributed by atoms with Crippen molar-refractivity contribution in [3.8, 4) is 11.5 Å². The van der Waals surface area contributed by atoms with Crippen LogP contribution in [-0.4, -0.2) is 75.2 Å². The van der Waals surface area contributed by atoms with E-state index in [4.69, 9.17) is 5.73 Å². The number of hydrogen-bond donors (Lipinski definition) is 7. The van der Waals surface area contributed by atoms with Crippen LogP contribution >= 0.6 is 11.8 Å². The Labute approximate surface area is 244 Å². The number of rotatable bonds is 16. The normalized spacial score (nSPS) is 14.0. The molecule has 2 rings (SSSR count). The molecule has 0 saturated carbocycles. The summed E-state index contributed by atoms with van der Waals surface area (Å²) in [6.07, 6.45) is 2.51. The SMILES string of the molecule is CSCCC(NC(=O)C(Cc1ccc(O)cc1)NC(=O)C(N)CC(C)C)C(=O)NC(Cc1ccc(O)cc1)C(=O)O. The summed E-state index contributed by atoms with van der Waals surface area (Å²) < 4.78 is 0. The lowest BCUT2D eigenvalue weighted by molar-refractivity contribution is -0.142. The van der Waals surface area contributed by atoms with Gasteiger partial charge in [-0.1, -0.05) is 38.1 Å². The standard InChI is InChI=1S/C29H40N4O7S/c1-17(2)14-22(30)26(36)32-24(15-18-4-8-20(34)9-5-18)28(38)31-23(12-13-41-3)27(37)33-25(29(39)40)16-19-6-10-21(35)11-7-19/h4-11,17,22-25,34-35H,12-16,30H2,1-3H3,(H,31,38)(H,32,36)(H,33,37)(H,39,40). The van der Waals surface area contributed by atoms with Gasteiger partial charge in [0.05, 0.1) is 6.04 Å². The minimum atomic E-state index is -1.28. The zero-order valence-corrected chi connectivity index (χ0v) is 24.3. The minimum absolute atomic E-state index is 0.0299. The van der Waals surface area contributed by atoms with Gasteiger partial charge in [0.1, 0.15) is 29.6 Å². The lowest BCUT2D eigenvalue weighted by Crippen LogP contribution is -2.58. The van der Waals surface area contributed by atoms with Crippen LogP contribution in [0.3, 0.4) is 0 Å². The predicted octanol–water partition coefficient (Wildman–Crippen LogP) is 1.55. The molecular weight excluding hydrogens is 548 g/mol. The van der Waals surface area contributed by atoms with Crippen molar-refractivity contribution in [2.24, 2.45) is 11.7 Å². The summed E-state index contributed by atoms with van der Waals surface area (Å²) in [4.78, 5) is 51.5. The molecular formula is C29H40N4O7S. The molecule has 0 heterocycles. The van der Waals surface area contributed by atoms with Crippen molar-refractivity contribution >= 4 is 35.5 Å². The fourth-order valence-electron chi connectivity index (χ4n) is 4.09. The highest BCUT2D eigenvalue weighted by atomic mass is 32.2. The molecule has 0 aliphatic carbocycles. The molecule has 0 radical (unpaired) electrons. The topological polar surface area (TPSA) is 191 Å². The number of aromatic hydroxyl groups is 2. The molecule has 0 spiro atoms. The van der Waals surface area contributed by atoms with Crippen LogP contribution in [0.5, 0.6) is 11.5 Å². The third-order valence-electron chi connectivity index (χ3n) is 6.31. The van der Waals surface area contributed by atoms with Gasteiger partial charge in [0.25, 0.3) is 0 Å². The fourth-order valence-corrected chi connectivity index (χ4v) is 4.56. The summed E-state index contributed by atoms with van der Waals surface area (Å²) in [6.45, 7) is 3.85. The maximum absolute atomic E-state index is 13.5. The van der Waals surface area contributed by atoms with Crippen LogP contribution in [0.4, 0.5) is 0 Å². The van der Waals surface area contributed by atoms with Crippen molar-refractivity contribution in [3.63, 3.8) is 0 Å². The van der Waals surface area contributed by atoms with E-state index in [9.17, 15) is 34.5 Å². The van der Waals surface area contributed by atoms with Gasteiger partial charge in [-0.15, -0.1) is 0 Å². The van der Waals surface area contributed by atoms with Crippen molar-refractivity contribution in [2.45, 2.75) is 63.7 Å². The molecule has 4 atom stereocenters. The van der Waals surface area contributed by atoms with Gasteiger partial charge >= 0.3 is 5.97 Å². The number of nitrogens with one attached hydrogen (secondary N) is 3. The molecule has 0 aliphatic rings. The molecule has 0 aliphatic heterocycles. The summed E-state index contributed by atoms with van der Waals surface area (Å²) in [5.41, 5.74) is 7.29. The molecule has 0 fully saturated rings. The zero-order chi connectivity index (χ0) is 30.5. The van der Waals surface area contributed by atoms with Crippen LogP contribution in [0.15, 0.2) is 48.5 Å². The highest BCUT2D eigenvalue weighted by Crippen LogP contribution is 2.14. The first kappa shape index (κ1) is 33.4. The van der Waals surface area contributed by atoms with E-state index < -0.39 is 47.9 Å². The lowest BCUT2D eigenvalue weighted by Gasteiger charge is -2.25. The van der Waals surface area contributed by atoms with Crippen molar-refractivity contribution in [2.75, 3.05) is 12.0 Å². The number of benzene rings is 2. The maximum Gasteiger partial charge on any atom is 0.326 e. The van der Waals surface area contributed by atoms with E-state index in [1.165, 1.54) is 36.0 Å². The second-order valence-corrected chi connectivity index (χ2v) is 11.3. The fraction of sp³-hybridized carbons (Fsp3) is 0.448. The first-order valence-corrected chi connectivity index (χ1v) is 14.7. The number of aliphatic carboxylic acids is 1. The molecule has 41 heavy (non-hydrogen) atoms. The van der Waals surface area contributed by atoms with Gasteiger partial charge in [0, 0.05) is 12.8 Å². The molecule has 2 aromatic carbocycles. The zero-order valence-electron chi connectivity index (χ0n) is 23.5. The first-order chi connectivity index (χ1) is 19.4. The van der Waals surface area contributed by atoms with E-state index in [1.807, 2.05) is 20.1 Å². The first-order valence-electron chi connectivity index (χ1n) is 13.3. The molecule has 8 N–H and O–H groups in total. The van der Waals surface area contributed by atoms with E-state index in [0.29, 0.717) is 23.3 Å². The number of carbonyl (C=O) groups excluding carboxylic acids is 3. The van der Waals surface area contributed by atoms with Crippen molar-refractivity contribution < 1.29 is 34.5 Å². The van der Waals surface area contributed by atoms with E-state index in [-0.39, 0.29) is 36.7 Å². The van der Waals surface area contributed by atoms with Crippen molar-refractivity contribution in [1.82, 2.24) is 16.0 Å². The summed E-state index contributed by atoms with van der Waals surface area (Å²) in [5.74, 6) is -2.33. The van der Waals surface area contributed by atoms with E-state index in [2.05, 4.69) is 16.0 Å². The summed E-state index contributed by atoms with van der Waals surface area (Å²) in [6, 6.07) is 7.87. The van der Waals surface area contributed by atoms with E-state index in [0.717, 1.165) is 0 Å². The number of amides is 3. The van der Waals surface area contributed by atoms with Crippen molar-refractivity contribution in [1.29, 1.82) is 0 Å². The van der Waals surface area contributed by atoms with E-state index >= 15 is 0 Å². The number of nitrogens with two attached hydrogens (primary N) is 1. The number of phenols is 2. The Kier molecular flexibility index (Phi) is 13.4. The minimum Gasteiger partial charge on any atom is -0.508 e. The molecule has 0 aromatic heterocycles.